The Bertz CT molecular complexity index is 968. The topological polar surface area (TPSA) is 60.7 Å². The maximum absolute atomic E-state index is 12.4. The van der Waals surface area contributed by atoms with Crippen LogP contribution in [0.2, 0.25) is 0 Å². The molecule has 0 spiro atoms. The number of aryl methyl sites for hydroxylation is 1. The van der Waals surface area contributed by atoms with Gasteiger partial charge in [0.05, 0.1) is 20.5 Å². The van der Waals surface area contributed by atoms with Crippen LogP contribution in [-0.4, -0.2) is 20.1 Å². The molecule has 0 unspecified atom stereocenters. The van der Waals surface area contributed by atoms with Gasteiger partial charge >= 0.3 is 0 Å². The average molecular weight is 351 g/mol. The second-order valence-electron chi connectivity index (χ2n) is 6.01. The van der Waals surface area contributed by atoms with E-state index in [1.54, 1.807) is 50.8 Å². The van der Waals surface area contributed by atoms with Gasteiger partial charge in [-0.15, -0.1) is 0 Å². The first kappa shape index (κ1) is 17.6. The SMILES string of the molecule is COc1ccc(NC(=O)/C=C(\C)c2cc3c(C)coc3cc2OC)cc1. The van der Waals surface area contributed by atoms with Crippen LogP contribution < -0.4 is 14.8 Å². The average Bonchev–Trinajstić information content (AvgIpc) is 3.01. The molecule has 5 nitrogen and oxygen atoms in total. The molecule has 0 aliphatic heterocycles. The molecule has 26 heavy (non-hydrogen) atoms. The van der Waals surface area contributed by atoms with Gasteiger partial charge in [0.2, 0.25) is 5.91 Å². The summed E-state index contributed by atoms with van der Waals surface area (Å²) in [5.41, 5.74) is 4.16. The van der Waals surface area contributed by atoms with Gasteiger partial charge in [0, 0.05) is 28.8 Å². The number of carbonyl (C=O) groups excluding carboxylic acids is 1. The highest BCUT2D eigenvalue weighted by molar-refractivity contribution is 6.04. The lowest BCUT2D eigenvalue weighted by molar-refractivity contribution is -0.111. The van der Waals surface area contributed by atoms with Crippen LogP contribution in [0.4, 0.5) is 5.69 Å². The number of allylic oxidation sites excluding steroid dienone is 1. The van der Waals surface area contributed by atoms with Crippen LogP contribution in [0, 0.1) is 6.92 Å². The van der Waals surface area contributed by atoms with Crippen molar-refractivity contribution in [2.45, 2.75) is 13.8 Å². The third kappa shape index (κ3) is 3.57. The molecule has 3 aromatic rings. The monoisotopic (exact) mass is 351 g/mol. The van der Waals surface area contributed by atoms with Crippen molar-refractivity contribution in [2.75, 3.05) is 19.5 Å². The summed E-state index contributed by atoms with van der Waals surface area (Å²) in [6.45, 7) is 3.87. The first-order chi connectivity index (χ1) is 12.5. The van der Waals surface area contributed by atoms with E-state index in [-0.39, 0.29) is 5.91 Å². The molecule has 0 saturated heterocycles. The lowest BCUT2D eigenvalue weighted by Gasteiger charge is -2.10. The minimum Gasteiger partial charge on any atom is -0.497 e. The summed E-state index contributed by atoms with van der Waals surface area (Å²) >= 11 is 0. The van der Waals surface area contributed by atoms with Gasteiger partial charge in [0.15, 0.2) is 0 Å². The van der Waals surface area contributed by atoms with Crippen LogP contribution in [0.1, 0.15) is 18.1 Å². The van der Waals surface area contributed by atoms with E-state index in [4.69, 9.17) is 13.9 Å². The third-order valence-electron chi connectivity index (χ3n) is 4.22. The first-order valence-corrected chi connectivity index (χ1v) is 8.21. The van der Waals surface area contributed by atoms with Gasteiger partial charge in [0.25, 0.3) is 0 Å². The molecule has 1 aromatic heterocycles. The maximum atomic E-state index is 12.4. The molecule has 134 valence electrons. The number of hydrogen-bond acceptors (Lipinski definition) is 4. The van der Waals surface area contributed by atoms with Crippen LogP contribution in [0.25, 0.3) is 16.5 Å². The number of methoxy groups -OCH3 is 2. The third-order valence-corrected chi connectivity index (χ3v) is 4.22. The second kappa shape index (κ2) is 7.35. The van der Waals surface area contributed by atoms with Gasteiger partial charge in [-0.2, -0.15) is 0 Å². The minimum atomic E-state index is -0.210. The molecule has 1 heterocycles. The molecule has 0 aliphatic carbocycles. The van der Waals surface area contributed by atoms with E-state index in [1.807, 2.05) is 26.0 Å². The summed E-state index contributed by atoms with van der Waals surface area (Å²) in [5, 5.41) is 3.85. The number of ether oxygens (including phenoxy) is 2. The standard InChI is InChI=1S/C21H21NO4/c1-13(9-21(23)22-15-5-7-16(24-3)8-6-15)17-10-18-14(2)12-26-20(18)11-19(17)25-4/h5-12H,1-4H3,(H,22,23)/b13-9+. The molecule has 0 radical (unpaired) electrons. The van der Waals surface area contributed by atoms with Gasteiger partial charge in [-0.1, -0.05) is 0 Å². The van der Waals surface area contributed by atoms with E-state index in [2.05, 4.69) is 5.32 Å². The van der Waals surface area contributed by atoms with E-state index in [0.29, 0.717) is 11.4 Å². The lowest BCUT2D eigenvalue weighted by atomic mass is 10.0. The fourth-order valence-electron chi connectivity index (χ4n) is 2.79. The minimum absolute atomic E-state index is 0.210. The molecule has 0 bridgehead atoms. The highest BCUT2D eigenvalue weighted by Crippen LogP contribution is 2.33. The fraction of sp³-hybridized carbons (Fsp3) is 0.190. The number of rotatable bonds is 5. The predicted molar refractivity (Wildman–Crippen MR) is 103 cm³/mol. The van der Waals surface area contributed by atoms with Crippen LogP contribution >= 0.6 is 0 Å². The van der Waals surface area contributed by atoms with Crippen molar-refractivity contribution < 1.29 is 18.7 Å². The highest BCUT2D eigenvalue weighted by Gasteiger charge is 2.12. The number of anilines is 1. The number of fused-ring (bicyclic) bond motifs is 1. The second-order valence-corrected chi connectivity index (χ2v) is 6.01. The van der Waals surface area contributed by atoms with Gasteiger partial charge in [-0.3, -0.25) is 4.79 Å². The molecule has 1 N–H and O–H groups in total. The normalized spacial score (nSPS) is 11.5. The Morgan fingerprint density at radius 3 is 2.50 bits per heavy atom. The number of amides is 1. The van der Waals surface area contributed by atoms with Crippen LogP contribution in [-0.2, 0) is 4.79 Å². The number of benzene rings is 2. The van der Waals surface area contributed by atoms with Crippen molar-refractivity contribution in [3.8, 4) is 11.5 Å². The van der Waals surface area contributed by atoms with Gasteiger partial charge < -0.3 is 19.2 Å². The molecule has 0 atom stereocenters. The summed E-state index contributed by atoms with van der Waals surface area (Å²) in [5.74, 6) is 1.19. The van der Waals surface area contributed by atoms with Crippen molar-refractivity contribution in [3.05, 3.63) is 59.9 Å². The molecular formula is C21H21NO4. The molecule has 0 saturated carbocycles. The van der Waals surface area contributed by atoms with E-state index in [0.717, 1.165) is 33.4 Å². The predicted octanol–water partition coefficient (Wildman–Crippen LogP) is 4.80. The van der Waals surface area contributed by atoms with Crippen LogP contribution in [0.3, 0.4) is 0 Å². The number of furan rings is 1. The van der Waals surface area contributed by atoms with E-state index in [9.17, 15) is 4.79 Å². The molecular weight excluding hydrogens is 330 g/mol. The zero-order valence-electron chi connectivity index (χ0n) is 15.3. The van der Waals surface area contributed by atoms with Gasteiger partial charge in [0.1, 0.15) is 17.1 Å². The van der Waals surface area contributed by atoms with Crippen molar-refractivity contribution in [1.29, 1.82) is 0 Å². The fourth-order valence-corrected chi connectivity index (χ4v) is 2.79. The Labute approximate surface area is 152 Å². The summed E-state index contributed by atoms with van der Waals surface area (Å²) in [4.78, 5) is 12.4. The van der Waals surface area contributed by atoms with Crippen molar-refractivity contribution in [3.63, 3.8) is 0 Å². The zero-order valence-corrected chi connectivity index (χ0v) is 15.3. The Balaban J connectivity index is 1.86. The molecule has 0 fully saturated rings. The summed E-state index contributed by atoms with van der Waals surface area (Å²) < 4.78 is 16.1. The molecule has 5 heteroatoms. The van der Waals surface area contributed by atoms with Crippen LogP contribution in [0.5, 0.6) is 11.5 Å². The van der Waals surface area contributed by atoms with E-state index >= 15 is 0 Å². The Morgan fingerprint density at radius 1 is 1.12 bits per heavy atom. The summed E-state index contributed by atoms with van der Waals surface area (Å²) in [6.07, 6.45) is 3.27. The summed E-state index contributed by atoms with van der Waals surface area (Å²) in [7, 11) is 3.21. The van der Waals surface area contributed by atoms with Crippen molar-refractivity contribution in [1.82, 2.24) is 0 Å². The molecule has 0 aliphatic rings. The molecule has 3 rings (SSSR count). The van der Waals surface area contributed by atoms with Crippen LogP contribution in [0.15, 0.2) is 53.2 Å². The number of hydrogen-bond donors (Lipinski definition) is 1. The first-order valence-electron chi connectivity index (χ1n) is 8.21. The van der Waals surface area contributed by atoms with Gasteiger partial charge in [-0.05, 0) is 55.3 Å². The number of carbonyl (C=O) groups is 1. The maximum Gasteiger partial charge on any atom is 0.248 e. The van der Waals surface area contributed by atoms with Crippen molar-refractivity contribution >= 4 is 28.1 Å². The highest BCUT2D eigenvalue weighted by atomic mass is 16.5. The molecule has 2 aromatic carbocycles. The summed E-state index contributed by atoms with van der Waals surface area (Å²) in [6, 6.07) is 11.0. The van der Waals surface area contributed by atoms with E-state index in [1.165, 1.54) is 0 Å². The Kier molecular flexibility index (Phi) is 4.98. The molecule has 1 amide bonds. The largest absolute Gasteiger partial charge is 0.497 e. The Morgan fingerprint density at radius 2 is 1.85 bits per heavy atom. The lowest BCUT2D eigenvalue weighted by Crippen LogP contribution is -2.08. The van der Waals surface area contributed by atoms with E-state index < -0.39 is 0 Å². The Hall–Kier alpha value is -3.21. The number of nitrogens with one attached hydrogen (secondary N) is 1. The zero-order chi connectivity index (χ0) is 18.7. The smallest absolute Gasteiger partial charge is 0.248 e. The van der Waals surface area contributed by atoms with Gasteiger partial charge in [-0.25, -0.2) is 0 Å². The van der Waals surface area contributed by atoms with Crippen molar-refractivity contribution in [2.24, 2.45) is 0 Å². The quantitative estimate of drug-likeness (QED) is 0.671.